The Kier molecular flexibility index (Phi) is 5.85. The van der Waals surface area contributed by atoms with Gasteiger partial charge in [-0.2, -0.15) is 0 Å². The molecule has 0 saturated carbocycles. The van der Waals surface area contributed by atoms with Crippen LogP contribution in [0.4, 0.5) is 5.69 Å². The first-order chi connectivity index (χ1) is 8.62. The van der Waals surface area contributed by atoms with E-state index in [-0.39, 0.29) is 5.91 Å². The molecule has 0 radical (unpaired) electrons. The molecule has 4 nitrogen and oxygen atoms in total. The van der Waals surface area contributed by atoms with Gasteiger partial charge in [0.05, 0.1) is 12.9 Å². The molecule has 0 fully saturated rings. The largest absolute Gasteiger partial charge is 0.496 e. The minimum atomic E-state index is 0.142. The van der Waals surface area contributed by atoms with Crippen molar-refractivity contribution in [1.82, 2.24) is 4.90 Å². The summed E-state index contributed by atoms with van der Waals surface area (Å²) in [5, 5.41) is 0. The van der Waals surface area contributed by atoms with Gasteiger partial charge in [0.15, 0.2) is 0 Å². The Balaban J connectivity index is 2.66. The van der Waals surface area contributed by atoms with Gasteiger partial charge in [-0.3, -0.25) is 4.79 Å². The molecular formula is C13H20N2O2S. The molecule has 0 unspecified atom stereocenters. The van der Waals surface area contributed by atoms with E-state index in [1.54, 1.807) is 13.2 Å². The molecule has 0 aliphatic heterocycles. The first-order valence-electron chi connectivity index (χ1n) is 5.96. The number of ether oxygens (including phenoxy) is 1. The summed E-state index contributed by atoms with van der Waals surface area (Å²) in [4.78, 5) is 14.6. The molecule has 18 heavy (non-hydrogen) atoms. The second-order valence-corrected chi connectivity index (χ2v) is 4.78. The first kappa shape index (κ1) is 14.7. The number of carbonyl (C=O) groups is 1. The zero-order valence-electron chi connectivity index (χ0n) is 11.1. The Morgan fingerprint density at radius 2 is 2.06 bits per heavy atom. The van der Waals surface area contributed by atoms with Gasteiger partial charge in [-0.25, -0.2) is 0 Å². The lowest BCUT2D eigenvalue weighted by Gasteiger charge is -2.18. The normalized spacial score (nSPS) is 10.2. The summed E-state index contributed by atoms with van der Waals surface area (Å²) in [6, 6.07) is 5.46. The Morgan fingerprint density at radius 3 is 2.61 bits per heavy atom. The molecule has 0 aliphatic carbocycles. The quantitative estimate of drug-likeness (QED) is 0.635. The second-order valence-electron chi connectivity index (χ2n) is 3.77. The molecule has 0 aromatic heterocycles. The highest BCUT2D eigenvalue weighted by molar-refractivity contribution is 8.00. The van der Waals surface area contributed by atoms with E-state index in [1.165, 1.54) is 11.8 Å². The molecule has 0 bridgehead atoms. The monoisotopic (exact) mass is 268 g/mol. The third-order valence-corrected chi connectivity index (χ3v) is 3.69. The number of hydrogen-bond acceptors (Lipinski definition) is 4. The maximum atomic E-state index is 11.9. The van der Waals surface area contributed by atoms with Crippen LogP contribution in [0.3, 0.4) is 0 Å². The number of carbonyl (C=O) groups excluding carboxylic acids is 1. The Bertz CT molecular complexity index is 406. The van der Waals surface area contributed by atoms with Gasteiger partial charge in [0.2, 0.25) is 5.91 Å². The van der Waals surface area contributed by atoms with Crippen molar-refractivity contribution in [3.8, 4) is 5.75 Å². The van der Waals surface area contributed by atoms with Crippen LogP contribution in [-0.4, -0.2) is 36.8 Å². The van der Waals surface area contributed by atoms with Crippen LogP contribution >= 0.6 is 11.8 Å². The molecule has 1 aromatic carbocycles. The fourth-order valence-electron chi connectivity index (χ4n) is 1.61. The lowest BCUT2D eigenvalue weighted by Crippen LogP contribution is -2.31. The number of thioether (sulfide) groups is 1. The second kappa shape index (κ2) is 7.16. The minimum absolute atomic E-state index is 0.142. The van der Waals surface area contributed by atoms with E-state index >= 15 is 0 Å². The molecule has 1 aromatic rings. The van der Waals surface area contributed by atoms with Gasteiger partial charge in [0.1, 0.15) is 5.75 Å². The van der Waals surface area contributed by atoms with Gasteiger partial charge >= 0.3 is 0 Å². The predicted octanol–water partition coefficient (Wildman–Crippen LogP) is 2.24. The summed E-state index contributed by atoms with van der Waals surface area (Å²) in [5.74, 6) is 1.28. The summed E-state index contributed by atoms with van der Waals surface area (Å²) in [6.07, 6.45) is 0. The highest BCUT2D eigenvalue weighted by Crippen LogP contribution is 2.31. The maximum absolute atomic E-state index is 11.9. The number of nitrogen functional groups attached to an aromatic ring is 1. The lowest BCUT2D eigenvalue weighted by molar-refractivity contribution is -0.127. The van der Waals surface area contributed by atoms with Crippen molar-refractivity contribution in [1.29, 1.82) is 0 Å². The van der Waals surface area contributed by atoms with Gasteiger partial charge in [0.25, 0.3) is 0 Å². The number of nitrogens with two attached hydrogens (primary N) is 1. The summed E-state index contributed by atoms with van der Waals surface area (Å²) >= 11 is 1.48. The molecule has 100 valence electrons. The van der Waals surface area contributed by atoms with Crippen LogP contribution in [-0.2, 0) is 4.79 Å². The van der Waals surface area contributed by atoms with Crippen LogP contribution in [0.25, 0.3) is 0 Å². The van der Waals surface area contributed by atoms with Crippen molar-refractivity contribution in [2.75, 3.05) is 31.7 Å². The predicted molar refractivity (Wildman–Crippen MR) is 76.1 cm³/mol. The fourth-order valence-corrected chi connectivity index (χ4v) is 2.52. The standard InChI is InChI=1S/C13H20N2O2S/c1-4-15(5-2)13(16)9-18-12-7-6-10(14)8-11(12)17-3/h6-8H,4-5,9,14H2,1-3H3. The van der Waals surface area contributed by atoms with Gasteiger partial charge < -0.3 is 15.4 Å². The molecule has 1 amide bonds. The van der Waals surface area contributed by atoms with Crippen molar-refractivity contribution in [2.45, 2.75) is 18.7 Å². The smallest absolute Gasteiger partial charge is 0.232 e. The zero-order chi connectivity index (χ0) is 13.5. The Labute approximate surface area is 112 Å². The molecule has 0 heterocycles. The molecule has 2 N–H and O–H groups in total. The highest BCUT2D eigenvalue weighted by Gasteiger charge is 2.11. The van der Waals surface area contributed by atoms with Crippen LogP contribution in [0, 0.1) is 0 Å². The molecule has 0 spiro atoms. The van der Waals surface area contributed by atoms with Crippen LogP contribution in [0.2, 0.25) is 0 Å². The first-order valence-corrected chi connectivity index (χ1v) is 6.95. The Hall–Kier alpha value is -1.36. The topological polar surface area (TPSA) is 55.6 Å². The molecule has 0 saturated heterocycles. The summed E-state index contributed by atoms with van der Waals surface area (Å²) in [7, 11) is 1.60. The summed E-state index contributed by atoms with van der Waals surface area (Å²) in [5.41, 5.74) is 6.34. The van der Waals surface area contributed by atoms with E-state index in [2.05, 4.69) is 0 Å². The van der Waals surface area contributed by atoms with E-state index < -0.39 is 0 Å². The molecule has 0 aliphatic rings. The van der Waals surface area contributed by atoms with Crippen molar-refractivity contribution in [2.24, 2.45) is 0 Å². The lowest BCUT2D eigenvalue weighted by atomic mass is 10.3. The summed E-state index contributed by atoms with van der Waals surface area (Å²) in [6.45, 7) is 5.45. The third kappa shape index (κ3) is 3.84. The van der Waals surface area contributed by atoms with E-state index in [1.807, 2.05) is 30.9 Å². The van der Waals surface area contributed by atoms with Crippen LogP contribution < -0.4 is 10.5 Å². The molecule has 5 heteroatoms. The van der Waals surface area contributed by atoms with Crippen molar-refractivity contribution in [3.63, 3.8) is 0 Å². The minimum Gasteiger partial charge on any atom is -0.496 e. The van der Waals surface area contributed by atoms with Crippen LogP contribution in [0.15, 0.2) is 23.1 Å². The highest BCUT2D eigenvalue weighted by atomic mass is 32.2. The SMILES string of the molecule is CCN(CC)C(=O)CSc1ccc(N)cc1OC. The van der Waals surface area contributed by atoms with Crippen molar-refractivity contribution >= 4 is 23.4 Å². The number of rotatable bonds is 6. The van der Waals surface area contributed by atoms with E-state index in [0.717, 1.165) is 18.0 Å². The number of hydrogen-bond donors (Lipinski definition) is 1. The van der Waals surface area contributed by atoms with Crippen LogP contribution in [0.5, 0.6) is 5.75 Å². The number of methoxy groups -OCH3 is 1. The average molecular weight is 268 g/mol. The van der Waals surface area contributed by atoms with Gasteiger partial charge in [-0.1, -0.05) is 0 Å². The van der Waals surface area contributed by atoms with E-state index in [0.29, 0.717) is 17.2 Å². The maximum Gasteiger partial charge on any atom is 0.232 e. The number of benzene rings is 1. The van der Waals surface area contributed by atoms with Gasteiger partial charge in [0, 0.05) is 29.7 Å². The van der Waals surface area contributed by atoms with Crippen LogP contribution in [0.1, 0.15) is 13.8 Å². The number of nitrogens with zero attached hydrogens (tertiary/aromatic N) is 1. The van der Waals surface area contributed by atoms with E-state index in [4.69, 9.17) is 10.5 Å². The van der Waals surface area contributed by atoms with Crippen molar-refractivity contribution < 1.29 is 9.53 Å². The fraction of sp³-hybridized carbons (Fsp3) is 0.462. The summed E-state index contributed by atoms with van der Waals surface area (Å²) < 4.78 is 5.25. The zero-order valence-corrected chi connectivity index (χ0v) is 11.9. The van der Waals surface area contributed by atoms with Gasteiger partial charge in [-0.15, -0.1) is 11.8 Å². The number of amides is 1. The molecular weight excluding hydrogens is 248 g/mol. The average Bonchev–Trinajstić information content (AvgIpc) is 2.38. The van der Waals surface area contributed by atoms with Gasteiger partial charge in [-0.05, 0) is 26.0 Å². The Morgan fingerprint density at radius 1 is 1.39 bits per heavy atom. The number of anilines is 1. The van der Waals surface area contributed by atoms with Crippen molar-refractivity contribution in [3.05, 3.63) is 18.2 Å². The third-order valence-electron chi connectivity index (χ3n) is 2.65. The molecule has 0 atom stereocenters. The molecule has 1 rings (SSSR count). The van der Waals surface area contributed by atoms with E-state index in [9.17, 15) is 4.79 Å².